The summed E-state index contributed by atoms with van der Waals surface area (Å²) in [6, 6.07) is 18.3. The Bertz CT molecular complexity index is 948. The summed E-state index contributed by atoms with van der Waals surface area (Å²) >= 11 is 1.37. The first-order chi connectivity index (χ1) is 14.0. The fraction of sp³-hybridized carbons (Fsp3) is 0.261. The van der Waals surface area contributed by atoms with E-state index in [2.05, 4.69) is 27.4 Å². The van der Waals surface area contributed by atoms with Crippen LogP contribution < -0.4 is 5.32 Å². The van der Waals surface area contributed by atoms with Crippen LogP contribution in [-0.2, 0) is 11.2 Å². The number of thioether (sulfide) groups is 1. The molecule has 0 unspecified atom stereocenters. The predicted octanol–water partition coefficient (Wildman–Crippen LogP) is 4.82. The Hall–Kier alpha value is -2.73. The fourth-order valence-corrected chi connectivity index (χ4v) is 3.66. The van der Waals surface area contributed by atoms with Crippen molar-refractivity contribution in [3.63, 3.8) is 0 Å². The van der Waals surface area contributed by atoms with Gasteiger partial charge in [-0.15, -0.1) is 0 Å². The molecule has 4 nitrogen and oxygen atoms in total. The first-order valence-electron chi connectivity index (χ1n) is 9.57. The lowest BCUT2D eigenvalue weighted by molar-refractivity contribution is -0.119. The normalized spacial score (nSPS) is 11.8. The Labute approximate surface area is 175 Å². The van der Waals surface area contributed by atoms with Crippen molar-refractivity contribution in [3.05, 3.63) is 77.7 Å². The molecule has 6 heteroatoms. The van der Waals surface area contributed by atoms with Crippen LogP contribution in [0.25, 0.3) is 11.4 Å². The lowest BCUT2D eigenvalue weighted by atomic mass is 10.1. The molecule has 0 fully saturated rings. The van der Waals surface area contributed by atoms with Crippen molar-refractivity contribution in [2.24, 2.45) is 0 Å². The van der Waals surface area contributed by atoms with Crippen LogP contribution in [0.4, 0.5) is 4.39 Å². The minimum Gasteiger partial charge on any atom is -0.353 e. The highest BCUT2D eigenvalue weighted by Gasteiger charge is 2.11. The van der Waals surface area contributed by atoms with Gasteiger partial charge in [-0.05, 0) is 62.6 Å². The van der Waals surface area contributed by atoms with E-state index in [4.69, 9.17) is 0 Å². The molecule has 1 heterocycles. The molecule has 2 aromatic carbocycles. The summed E-state index contributed by atoms with van der Waals surface area (Å²) < 4.78 is 13.1. The van der Waals surface area contributed by atoms with Crippen molar-refractivity contribution in [2.45, 2.75) is 37.8 Å². The standard InChI is InChI=1S/C23H24FN3OS/c1-16(8-9-18-6-4-3-5-7-18)25-21(28)15-29-22-14-17(2)26-23(27-22)19-10-12-20(24)13-11-19/h3-7,10-14,16H,8-9,15H2,1-2H3,(H,25,28)/t16-/m0/s1. The molecule has 0 aliphatic heterocycles. The van der Waals surface area contributed by atoms with Gasteiger partial charge >= 0.3 is 0 Å². The molecule has 1 aromatic heterocycles. The molecule has 0 bridgehead atoms. The molecule has 0 spiro atoms. The van der Waals surface area contributed by atoms with E-state index >= 15 is 0 Å². The zero-order chi connectivity index (χ0) is 20.6. The van der Waals surface area contributed by atoms with E-state index in [-0.39, 0.29) is 23.5 Å². The van der Waals surface area contributed by atoms with Gasteiger partial charge in [0.05, 0.1) is 5.75 Å². The Balaban J connectivity index is 1.52. The van der Waals surface area contributed by atoms with Gasteiger partial charge in [0.1, 0.15) is 10.8 Å². The molecule has 150 valence electrons. The molecule has 1 N–H and O–H groups in total. The van der Waals surface area contributed by atoms with Gasteiger partial charge in [0, 0.05) is 17.3 Å². The number of amides is 1. The van der Waals surface area contributed by atoms with Gasteiger partial charge in [0.15, 0.2) is 5.82 Å². The predicted molar refractivity (Wildman–Crippen MR) is 115 cm³/mol. The van der Waals surface area contributed by atoms with E-state index in [1.807, 2.05) is 38.1 Å². The van der Waals surface area contributed by atoms with Crippen molar-refractivity contribution >= 4 is 17.7 Å². The highest BCUT2D eigenvalue weighted by molar-refractivity contribution is 7.99. The number of nitrogens with one attached hydrogen (secondary N) is 1. The minimum atomic E-state index is -0.297. The van der Waals surface area contributed by atoms with Crippen LogP contribution in [0.2, 0.25) is 0 Å². The zero-order valence-corrected chi connectivity index (χ0v) is 17.4. The molecule has 3 rings (SSSR count). The van der Waals surface area contributed by atoms with Crippen molar-refractivity contribution in [1.82, 2.24) is 15.3 Å². The van der Waals surface area contributed by atoms with Gasteiger partial charge in [-0.3, -0.25) is 4.79 Å². The van der Waals surface area contributed by atoms with E-state index in [0.29, 0.717) is 5.82 Å². The van der Waals surface area contributed by atoms with Gasteiger partial charge < -0.3 is 5.32 Å². The summed E-state index contributed by atoms with van der Waals surface area (Å²) in [6.07, 6.45) is 1.82. The second kappa shape index (κ2) is 10.2. The second-order valence-corrected chi connectivity index (χ2v) is 7.96. The number of nitrogens with zero attached hydrogens (tertiary/aromatic N) is 2. The quantitative estimate of drug-likeness (QED) is 0.428. The van der Waals surface area contributed by atoms with Gasteiger partial charge in [-0.2, -0.15) is 0 Å². The number of hydrogen-bond acceptors (Lipinski definition) is 4. The molecule has 0 saturated heterocycles. The molecule has 0 aliphatic carbocycles. The molecule has 0 radical (unpaired) electrons. The van der Waals surface area contributed by atoms with Crippen molar-refractivity contribution in [1.29, 1.82) is 0 Å². The van der Waals surface area contributed by atoms with Crippen LogP contribution in [0.15, 0.2) is 65.7 Å². The summed E-state index contributed by atoms with van der Waals surface area (Å²) in [5.41, 5.74) is 2.82. The average Bonchev–Trinajstić information content (AvgIpc) is 2.72. The monoisotopic (exact) mass is 409 g/mol. The maximum atomic E-state index is 13.1. The molecular formula is C23H24FN3OS. The van der Waals surface area contributed by atoms with Gasteiger partial charge in [0.2, 0.25) is 5.91 Å². The molecule has 1 amide bonds. The van der Waals surface area contributed by atoms with Crippen molar-refractivity contribution in [3.8, 4) is 11.4 Å². The molecular weight excluding hydrogens is 385 g/mol. The summed E-state index contributed by atoms with van der Waals surface area (Å²) in [7, 11) is 0. The van der Waals surface area contributed by atoms with E-state index in [1.54, 1.807) is 12.1 Å². The summed E-state index contributed by atoms with van der Waals surface area (Å²) in [5.74, 6) is 0.503. The van der Waals surface area contributed by atoms with E-state index in [0.717, 1.165) is 29.1 Å². The zero-order valence-electron chi connectivity index (χ0n) is 16.6. The highest BCUT2D eigenvalue weighted by atomic mass is 32.2. The fourth-order valence-electron chi connectivity index (χ4n) is 2.90. The van der Waals surface area contributed by atoms with Gasteiger partial charge in [0.25, 0.3) is 0 Å². The van der Waals surface area contributed by atoms with Gasteiger partial charge in [-0.1, -0.05) is 42.1 Å². The molecule has 3 aromatic rings. The lowest BCUT2D eigenvalue weighted by Gasteiger charge is -2.14. The van der Waals surface area contributed by atoms with Crippen LogP contribution in [0.3, 0.4) is 0 Å². The Kier molecular flexibility index (Phi) is 7.36. The van der Waals surface area contributed by atoms with E-state index < -0.39 is 0 Å². The molecule has 1 atom stereocenters. The third-order valence-corrected chi connectivity index (χ3v) is 5.31. The maximum Gasteiger partial charge on any atom is 0.230 e. The number of carbonyl (C=O) groups excluding carboxylic acids is 1. The highest BCUT2D eigenvalue weighted by Crippen LogP contribution is 2.22. The SMILES string of the molecule is Cc1cc(SCC(=O)N[C@@H](C)CCc2ccccc2)nc(-c2ccc(F)cc2)n1. The number of rotatable bonds is 8. The summed E-state index contributed by atoms with van der Waals surface area (Å²) in [5, 5.41) is 3.77. The van der Waals surface area contributed by atoms with E-state index in [9.17, 15) is 9.18 Å². The summed E-state index contributed by atoms with van der Waals surface area (Å²) in [6.45, 7) is 3.90. The summed E-state index contributed by atoms with van der Waals surface area (Å²) in [4.78, 5) is 21.2. The van der Waals surface area contributed by atoms with Gasteiger partial charge in [-0.25, -0.2) is 14.4 Å². The van der Waals surface area contributed by atoms with Crippen LogP contribution in [-0.4, -0.2) is 27.7 Å². The molecule has 29 heavy (non-hydrogen) atoms. The minimum absolute atomic E-state index is 0.0184. The van der Waals surface area contributed by atoms with Crippen LogP contribution in [0.5, 0.6) is 0 Å². The maximum absolute atomic E-state index is 13.1. The average molecular weight is 410 g/mol. The third kappa shape index (κ3) is 6.68. The van der Waals surface area contributed by atoms with Crippen molar-refractivity contribution < 1.29 is 9.18 Å². The lowest BCUT2D eigenvalue weighted by Crippen LogP contribution is -2.34. The Morgan fingerprint density at radius 1 is 1.10 bits per heavy atom. The first-order valence-corrected chi connectivity index (χ1v) is 10.6. The van der Waals surface area contributed by atoms with Crippen LogP contribution in [0, 0.1) is 12.7 Å². The Morgan fingerprint density at radius 3 is 2.55 bits per heavy atom. The molecule has 0 aliphatic rings. The number of carbonyl (C=O) groups is 1. The number of halogens is 1. The third-order valence-electron chi connectivity index (χ3n) is 4.40. The first kappa shape index (κ1) is 21.0. The number of aryl methyl sites for hydroxylation is 2. The van der Waals surface area contributed by atoms with E-state index in [1.165, 1.54) is 29.5 Å². The van der Waals surface area contributed by atoms with Crippen molar-refractivity contribution in [2.75, 3.05) is 5.75 Å². The number of benzene rings is 2. The Morgan fingerprint density at radius 2 is 1.83 bits per heavy atom. The largest absolute Gasteiger partial charge is 0.353 e. The number of aromatic nitrogens is 2. The van der Waals surface area contributed by atoms with Crippen LogP contribution in [0.1, 0.15) is 24.6 Å². The molecule has 0 saturated carbocycles. The van der Waals surface area contributed by atoms with Crippen LogP contribution >= 0.6 is 11.8 Å². The smallest absolute Gasteiger partial charge is 0.230 e. The second-order valence-electron chi connectivity index (χ2n) is 6.96. The topological polar surface area (TPSA) is 54.9 Å². The number of hydrogen-bond donors (Lipinski definition) is 1.